The average molecular weight is 274 g/mol. The second kappa shape index (κ2) is 5.77. The van der Waals surface area contributed by atoms with Crippen LogP contribution in [0.1, 0.15) is 33.9 Å². The van der Waals surface area contributed by atoms with Gasteiger partial charge in [0.2, 0.25) is 0 Å². The van der Waals surface area contributed by atoms with Crippen LogP contribution >= 0.6 is 11.6 Å². The van der Waals surface area contributed by atoms with Gasteiger partial charge in [-0.25, -0.2) is 0 Å². The smallest absolute Gasteiger partial charge is 0.0589 e. The molecule has 0 heterocycles. The number of rotatable bonds is 3. The molecule has 2 aromatic carbocycles. The van der Waals surface area contributed by atoms with Gasteiger partial charge in [0.25, 0.3) is 0 Å². The van der Waals surface area contributed by atoms with E-state index >= 15 is 0 Å². The van der Waals surface area contributed by atoms with Crippen LogP contribution in [0, 0.1) is 20.8 Å². The summed E-state index contributed by atoms with van der Waals surface area (Å²) >= 11 is 6.42. The zero-order valence-electron chi connectivity index (χ0n) is 11.9. The molecule has 0 saturated heterocycles. The van der Waals surface area contributed by atoms with Gasteiger partial charge in [0.15, 0.2) is 0 Å². The fraction of sp³-hybridized carbons (Fsp3) is 0.294. The summed E-state index contributed by atoms with van der Waals surface area (Å²) in [6.07, 6.45) is 0. The molecule has 1 N–H and O–H groups in total. The van der Waals surface area contributed by atoms with Gasteiger partial charge in [-0.15, -0.1) is 0 Å². The third-order valence-electron chi connectivity index (χ3n) is 3.59. The highest BCUT2D eigenvalue weighted by molar-refractivity contribution is 6.31. The molecule has 19 heavy (non-hydrogen) atoms. The molecular weight excluding hydrogens is 254 g/mol. The predicted octanol–water partition coefficient (Wildman–Crippen LogP) is 4.57. The van der Waals surface area contributed by atoms with E-state index in [1.807, 2.05) is 13.1 Å². The Labute approximate surface area is 120 Å². The second-order valence-electron chi connectivity index (χ2n) is 5.09. The van der Waals surface area contributed by atoms with Gasteiger partial charge >= 0.3 is 0 Å². The van der Waals surface area contributed by atoms with Gasteiger partial charge in [-0.1, -0.05) is 47.5 Å². The minimum Gasteiger partial charge on any atom is -0.309 e. The molecule has 1 atom stereocenters. The monoisotopic (exact) mass is 273 g/mol. The summed E-state index contributed by atoms with van der Waals surface area (Å²) in [7, 11) is 1.97. The van der Waals surface area contributed by atoms with Crippen LogP contribution in [0.3, 0.4) is 0 Å². The van der Waals surface area contributed by atoms with Crippen molar-refractivity contribution in [1.29, 1.82) is 0 Å². The van der Waals surface area contributed by atoms with Crippen molar-refractivity contribution in [3.05, 3.63) is 69.2 Å². The molecule has 2 rings (SSSR count). The van der Waals surface area contributed by atoms with Crippen LogP contribution < -0.4 is 5.32 Å². The first-order valence-electron chi connectivity index (χ1n) is 6.53. The maximum atomic E-state index is 6.42. The van der Waals surface area contributed by atoms with Gasteiger partial charge in [0, 0.05) is 5.02 Å². The van der Waals surface area contributed by atoms with Crippen molar-refractivity contribution in [3.8, 4) is 0 Å². The molecule has 0 amide bonds. The molecule has 0 radical (unpaired) electrons. The Kier molecular flexibility index (Phi) is 4.28. The van der Waals surface area contributed by atoms with Gasteiger partial charge < -0.3 is 5.32 Å². The van der Waals surface area contributed by atoms with Crippen LogP contribution in [-0.2, 0) is 0 Å². The van der Waals surface area contributed by atoms with E-state index in [4.69, 9.17) is 11.6 Å². The normalized spacial score (nSPS) is 12.5. The van der Waals surface area contributed by atoms with E-state index < -0.39 is 0 Å². The second-order valence-corrected chi connectivity index (χ2v) is 5.50. The van der Waals surface area contributed by atoms with Crippen molar-refractivity contribution in [2.45, 2.75) is 26.8 Å². The van der Waals surface area contributed by atoms with Crippen molar-refractivity contribution in [3.63, 3.8) is 0 Å². The molecule has 0 bridgehead atoms. The number of nitrogens with one attached hydrogen (secondary N) is 1. The van der Waals surface area contributed by atoms with Crippen molar-refractivity contribution >= 4 is 11.6 Å². The minimum atomic E-state index is 0.131. The van der Waals surface area contributed by atoms with E-state index in [0.717, 1.165) is 10.6 Å². The van der Waals surface area contributed by atoms with E-state index in [1.54, 1.807) is 0 Å². The molecule has 0 aromatic heterocycles. The average Bonchev–Trinajstić information content (AvgIpc) is 2.36. The number of hydrogen-bond acceptors (Lipinski definition) is 1. The summed E-state index contributed by atoms with van der Waals surface area (Å²) in [5, 5.41) is 4.19. The largest absolute Gasteiger partial charge is 0.309 e. The SMILES string of the molecule is CNC(c1cccc(C)c1)c1cc(C)c(C)cc1Cl. The molecule has 0 aliphatic heterocycles. The highest BCUT2D eigenvalue weighted by atomic mass is 35.5. The maximum absolute atomic E-state index is 6.42. The van der Waals surface area contributed by atoms with Gasteiger partial charge in [0.05, 0.1) is 6.04 Å². The van der Waals surface area contributed by atoms with E-state index in [1.165, 1.54) is 22.3 Å². The summed E-state index contributed by atoms with van der Waals surface area (Å²) in [4.78, 5) is 0. The molecule has 2 aromatic rings. The summed E-state index contributed by atoms with van der Waals surface area (Å²) < 4.78 is 0. The van der Waals surface area contributed by atoms with Crippen LogP contribution in [0.4, 0.5) is 0 Å². The van der Waals surface area contributed by atoms with Crippen LogP contribution in [-0.4, -0.2) is 7.05 Å². The van der Waals surface area contributed by atoms with E-state index in [2.05, 4.69) is 56.4 Å². The van der Waals surface area contributed by atoms with Gasteiger partial charge in [0.1, 0.15) is 0 Å². The first kappa shape index (κ1) is 14.1. The Morgan fingerprint density at radius 3 is 2.32 bits per heavy atom. The summed E-state index contributed by atoms with van der Waals surface area (Å²) in [5.41, 5.74) is 6.14. The predicted molar refractivity (Wildman–Crippen MR) is 83.0 cm³/mol. The maximum Gasteiger partial charge on any atom is 0.0589 e. The van der Waals surface area contributed by atoms with E-state index in [9.17, 15) is 0 Å². The Bertz CT molecular complexity index is 590. The van der Waals surface area contributed by atoms with Crippen LogP contribution in [0.15, 0.2) is 36.4 Å². The minimum absolute atomic E-state index is 0.131. The third kappa shape index (κ3) is 2.99. The lowest BCUT2D eigenvalue weighted by Gasteiger charge is -2.20. The molecule has 0 fully saturated rings. The number of hydrogen-bond donors (Lipinski definition) is 1. The van der Waals surface area contributed by atoms with Crippen LogP contribution in [0.25, 0.3) is 0 Å². The Hall–Kier alpha value is -1.31. The lowest BCUT2D eigenvalue weighted by molar-refractivity contribution is 0.690. The lowest BCUT2D eigenvalue weighted by atomic mass is 9.95. The number of benzene rings is 2. The zero-order chi connectivity index (χ0) is 14.0. The molecule has 0 spiro atoms. The van der Waals surface area contributed by atoms with Crippen LogP contribution in [0.5, 0.6) is 0 Å². The molecule has 0 aliphatic carbocycles. The molecule has 100 valence electrons. The van der Waals surface area contributed by atoms with Gasteiger partial charge in [-0.2, -0.15) is 0 Å². The van der Waals surface area contributed by atoms with Crippen molar-refractivity contribution < 1.29 is 0 Å². The topological polar surface area (TPSA) is 12.0 Å². The molecule has 1 nitrogen and oxygen atoms in total. The number of aryl methyl sites for hydroxylation is 3. The Morgan fingerprint density at radius 1 is 1.00 bits per heavy atom. The van der Waals surface area contributed by atoms with Crippen molar-refractivity contribution in [1.82, 2.24) is 5.32 Å². The third-order valence-corrected chi connectivity index (χ3v) is 3.92. The first-order chi connectivity index (χ1) is 9.02. The van der Waals surface area contributed by atoms with Crippen molar-refractivity contribution in [2.75, 3.05) is 7.05 Å². The fourth-order valence-corrected chi connectivity index (χ4v) is 2.70. The van der Waals surface area contributed by atoms with Crippen molar-refractivity contribution in [2.24, 2.45) is 0 Å². The fourth-order valence-electron chi connectivity index (χ4n) is 2.38. The molecule has 0 saturated carbocycles. The summed E-state index contributed by atoms with van der Waals surface area (Å²) in [5.74, 6) is 0. The number of halogens is 1. The van der Waals surface area contributed by atoms with E-state index in [-0.39, 0.29) is 6.04 Å². The molecule has 1 unspecified atom stereocenters. The molecule has 0 aliphatic rings. The highest BCUT2D eigenvalue weighted by Crippen LogP contribution is 2.30. The highest BCUT2D eigenvalue weighted by Gasteiger charge is 2.16. The Balaban J connectivity index is 2.51. The van der Waals surface area contributed by atoms with Gasteiger partial charge in [-0.05, 0) is 56.1 Å². The first-order valence-corrected chi connectivity index (χ1v) is 6.91. The van der Waals surface area contributed by atoms with E-state index in [0.29, 0.717) is 0 Å². The molecular formula is C17H20ClN. The summed E-state index contributed by atoms with van der Waals surface area (Å²) in [6.45, 7) is 6.32. The standard InChI is InChI=1S/C17H20ClN/c1-11-6-5-7-14(8-11)17(19-4)15-9-12(2)13(3)10-16(15)18/h5-10,17,19H,1-4H3. The summed E-state index contributed by atoms with van der Waals surface area (Å²) in [6, 6.07) is 12.9. The van der Waals surface area contributed by atoms with Crippen LogP contribution in [0.2, 0.25) is 5.02 Å². The Morgan fingerprint density at radius 2 is 1.68 bits per heavy atom. The van der Waals surface area contributed by atoms with Gasteiger partial charge in [-0.3, -0.25) is 0 Å². The lowest BCUT2D eigenvalue weighted by Crippen LogP contribution is -2.18. The molecule has 2 heteroatoms. The quantitative estimate of drug-likeness (QED) is 0.863. The zero-order valence-corrected chi connectivity index (χ0v) is 12.7.